The first-order valence-corrected chi connectivity index (χ1v) is 4.75. The van der Waals surface area contributed by atoms with Gasteiger partial charge >= 0.3 is 0 Å². The Hall–Kier alpha value is -1.78. The molecule has 15 heavy (non-hydrogen) atoms. The Bertz CT molecular complexity index is 371. The summed E-state index contributed by atoms with van der Waals surface area (Å²) < 4.78 is 4.93. The number of carboxylic acid groups (broad SMARTS) is 1. The van der Waals surface area contributed by atoms with Crippen molar-refractivity contribution in [3.8, 4) is 0 Å². The molecule has 1 aliphatic rings. The zero-order valence-electron chi connectivity index (χ0n) is 8.01. The van der Waals surface area contributed by atoms with E-state index >= 15 is 0 Å². The molecule has 0 bridgehead atoms. The van der Waals surface area contributed by atoms with Crippen LogP contribution in [0.2, 0.25) is 0 Å². The quantitative estimate of drug-likeness (QED) is 0.664. The number of rotatable bonds is 2. The Morgan fingerprint density at radius 1 is 1.53 bits per heavy atom. The second kappa shape index (κ2) is 3.76. The molecule has 0 unspecified atom stereocenters. The lowest BCUT2D eigenvalue weighted by molar-refractivity contribution is -0.310. The molecule has 0 aliphatic carbocycles. The molecular weight excluding hydrogens is 198 g/mol. The van der Waals surface area contributed by atoms with Crippen LogP contribution in [-0.2, 0) is 4.79 Å². The molecule has 80 valence electrons. The second-order valence-corrected chi connectivity index (χ2v) is 3.45. The minimum absolute atomic E-state index is 0.170. The van der Waals surface area contributed by atoms with Crippen LogP contribution in [-0.4, -0.2) is 29.4 Å². The molecule has 2 heterocycles. The fourth-order valence-corrected chi connectivity index (χ4v) is 1.80. The lowest BCUT2D eigenvalue weighted by Gasteiger charge is -2.24. The number of likely N-dealkylation sites (tertiary alicyclic amines) is 1. The van der Waals surface area contributed by atoms with Gasteiger partial charge in [-0.15, -0.1) is 0 Å². The minimum Gasteiger partial charge on any atom is -0.548 e. The number of amides is 1. The van der Waals surface area contributed by atoms with Gasteiger partial charge in [0.25, 0.3) is 5.91 Å². The molecule has 0 N–H and O–H groups in total. The van der Waals surface area contributed by atoms with E-state index in [2.05, 4.69) is 0 Å². The van der Waals surface area contributed by atoms with Gasteiger partial charge in [0.15, 0.2) is 5.76 Å². The Balaban J connectivity index is 2.17. The zero-order valence-corrected chi connectivity index (χ0v) is 8.01. The third-order valence-electron chi connectivity index (χ3n) is 2.52. The first-order chi connectivity index (χ1) is 7.20. The predicted molar refractivity (Wildman–Crippen MR) is 47.8 cm³/mol. The number of hydrogen-bond donors (Lipinski definition) is 0. The van der Waals surface area contributed by atoms with Gasteiger partial charge in [-0.05, 0) is 25.0 Å². The molecule has 1 aliphatic heterocycles. The molecule has 0 saturated carbocycles. The Labute approximate surface area is 86.3 Å². The highest BCUT2D eigenvalue weighted by Crippen LogP contribution is 2.19. The first kappa shape index (κ1) is 9.76. The normalized spacial score (nSPS) is 20.5. The number of carboxylic acids is 1. The molecule has 1 aromatic rings. The van der Waals surface area contributed by atoms with E-state index in [1.807, 2.05) is 0 Å². The predicted octanol–water partition coefficient (Wildman–Crippen LogP) is -0.366. The van der Waals surface area contributed by atoms with Crippen LogP contribution in [0.3, 0.4) is 0 Å². The van der Waals surface area contributed by atoms with E-state index in [0.717, 1.165) is 0 Å². The van der Waals surface area contributed by atoms with Crippen LogP contribution in [0.5, 0.6) is 0 Å². The molecule has 1 saturated heterocycles. The van der Waals surface area contributed by atoms with Crippen LogP contribution in [0.15, 0.2) is 22.8 Å². The van der Waals surface area contributed by atoms with Crippen molar-refractivity contribution in [3.05, 3.63) is 24.2 Å². The van der Waals surface area contributed by atoms with Crippen LogP contribution in [0.25, 0.3) is 0 Å². The molecule has 5 heteroatoms. The van der Waals surface area contributed by atoms with Crippen molar-refractivity contribution in [1.29, 1.82) is 0 Å². The molecule has 1 fully saturated rings. The number of furan rings is 1. The second-order valence-electron chi connectivity index (χ2n) is 3.45. The standard InChI is InChI=1S/C10H11NO4/c12-9(8-4-2-6-15-8)11-5-1-3-7(11)10(13)14/h2,4,6-7H,1,3,5H2,(H,13,14)/p-1/t7-/m0/s1. The Kier molecular flexibility index (Phi) is 2.45. The van der Waals surface area contributed by atoms with E-state index in [-0.39, 0.29) is 11.7 Å². The molecule has 0 aromatic carbocycles. The van der Waals surface area contributed by atoms with Crippen molar-refractivity contribution in [3.63, 3.8) is 0 Å². The highest BCUT2D eigenvalue weighted by Gasteiger charge is 2.31. The monoisotopic (exact) mass is 208 g/mol. The van der Waals surface area contributed by atoms with E-state index in [0.29, 0.717) is 19.4 Å². The maximum absolute atomic E-state index is 11.8. The van der Waals surface area contributed by atoms with Crippen LogP contribution in [0, 0.1) is 0 Å². The van der Waals surface area contributed by atoms with E-state index in [9.17, 15) is 14.7 Å². The Morgan fingerprint density at radius 2 is 2.33 bits per heavy atom. The van der Waals surface area contributed by atoms with E-state index in [1.165, 1.54) is 17.2 Å². The van der Waals surface area contributed by atoms with Gasteiger partial charge in [-0.25, -0.2) is 0 Å². The SMILES string of the molecule is O=C([O-])[C@@H]1CCCN1C(=O)c1ccco1. The largest absolute Gasteiger partial charge is 0.548 e. The third-order valence-corrected chi connectivity index (χ3v) is 2.52. The minimum atomic E-state index is -1.20. The molecule has 0 spiro atoms. The zero-order chi connectivity index (χ0) is 10.8. The summed E-state index contributed by atoms with van der Waals surface area (Å²) in [5, 5.41) is 10.8. The summed E-state index contributed by atoms with van der Waals surface area (Å²) in [5.41, 5.74) is 0. The summed E-state index contributed by atoms with van der Waals surface area (Å²) in [6.07, 6.45) is 2.53. The van der Waals surface area contributed by atoms with Gasteiger partial charge in [0.2, 0.25) is 0 Å². The Morgan fingerprint density at radius 3 is 2.93 bits per heavy atom. The summed E-state index contributed by atoms with van der Waals surface area (Å²) in [4.78, 5) is 23.8. The average molecular weight is 208 g/mol. The van der Waals surface area contributed by atoms with Crippen molar-refractivity contribution >= 4 is 11.9 Å². The van der Waals surface area contributed by atoms with Crippen LogP contribution >= 0.6 is 0 Å². The summed E-state index contributed by atoms with van der Waals surface area (Å²) in [6, 6.07) is 2.30. The van der Waals surface area contributed by atoms with Crippen molar-refractivity contribution < 1.29 is 19.1 Å². The third kappa shape index (κ3) is 1.72. The number of aliphatic carboxylic acids is 1. The summed E-state index contributed by atoms with van der Waals surface area (Å²) in [7, 11) is 0. The van der Waals surface area contributed by atoms with Gasteiger partial charge in [0.05, 0.1) is 18.3 Å². The number of hydrogen-bond acceptors (Lipinski definition) is 4. The highest BCUT2D eigenvalue weighted by atomic mass is 16.4. The molecule has 1 amide bonds. The van der Waals surface area contributed by atoms with Gasteiger partial charge in [-0.1, -0.05) is 0 Å². The van der Waals surface area contributed by atoms with Crippen molar-refractivity contribution in [1.82, 2.24) is 4.90 Å². The maximum atomic E-state index is 11.8. The van der Waals surface area contributed by atoms with Gasteiger partial charge in [-0.2, -0.15) is 0 Å². The van der Waals surface area contributed by atoms with Crippen LogP contribution < -0.4 is 5.11 Å². The highest BCUT2D eigenvalue weighted by molar-refractivity contribution is 5.94. The first-order valence-electron chi connectivity index (χ1n) is 4.75. The van der Waals surface area contributed by atoms with Crippen LogP contribution in [0.1, 0.15) is 23.4 Å². The summed E-state index contributed by atoms with van der Waals surface area (Å²) >= 11 is 0. The fourth-order valence-electron chi connectivity index (χ4n) is 1.80. The number of carbonyl (C=O) groups is 2. The molecule has 0 radical (unpaired) electrons. The molecule has 2 rings (SSSR count). The molecule has 1 aromatic heterocycles. The number of nitrogens with zero attached hydrogens (tertiary/aromatic N) is 1. The van der Waals surface area contributed by atoms with Gasteiger partial charge < -0.3 is 19.2 Å². The lowest BCUT2D eigenvalue weighted by Crippen LogP contribution is -2.46. The van der Waals surface area contributed by atoms with Crippen LogP contribution in [0.4, 0.5) is 0 Å². The van der Waals surface area contributed by atoms with Crippen molar-refractivity contribution in [2.24, 2.45) is 0 Å². The van der Waals surface area contributed by atoms with E-state index < -0.39 is 12.0 Å². The summed E-state index contributed by atoms with van der Waals surface area (Å²) in [5.74, 6) is -1.41. The van der Waals surface area contributed by atoms with Gasteiger partial charge in [0, 0.05) is 6.54 Å². The lowest BCUT2D eigenvalue weighted by atomic mass is 10.2. The average Bonchev–Trinajstić information content (AvgIpc) is 2.88. The van der Waals surface area contributed by atoms with Gasteiger partial charge in [0.1, 0.15) is 0 Å². The van der Waals surface area contributed by atoms with Crippen molar-refractivity contribution in [2.45, 2.75) is 18.9 Å². The topological polar surface area (TPSA) is 73.6 Å². The van der Waals surface area contributed by atoms with Crippen molar-refractivity contribution in [2.75, 3.05) is 6.54 Å². The summed E-state index contributed by atoms with van der Waals surface area (Å²) in [6.45, 7) is 0.443. The molecule has 1 atom stereocenters. The van der Waals surface area contributed by atoms with Gasteiger partial charge in [-0.3, -0.25) is 4.79 Å². The molecular formula is C10H10NO4-. The molecule has 5 nitrogen and oxygen atoms in total. The maximum Gasteiger partial charge on any atom is 0.290 e. The smallest absolute Gasteiger partial charge is 0.290 e. The number of carbonyl (C=O) groups excluding carboxylic acids is 2. The van der Waals surface area contributed by atoms with E-state index in [1.54, 1.807) is 6.07 Å². The van der Waals surface area contributed by atoms with E-state index in [4.69, 9.17) is 4.42 Å². The fraction of sp³-hybridized carbons (Fsp3) is 0.400.